The van der Waals surface area contributed by atoms with E-state index in [4.69, 9.17) is 9.47 Å². The second kappa shape index (κ2) is 9.74. The summed E-state index contributed by atoms with van der Waals surface area (Å²) >= 11 is 0. The van der Waals surface area contributed by atoms with E-state index in [2.05, 4.69) is 10.6 Å². The molecule has 0 bridgehead atoms. The van der Waals surface area contributed by atoms with Crippen LogP contribution in [0.15, 0.2) is 18.2 Å². The Kier molecular flexibility index (Phi) is 8.02. The molecule has 0 atom stereocenters. The van der Waals surface area contributed by atoms with Gasteiger partial charge < -0.3 is 20.1 Å². The van der Waals surface area contributed by atoms with E-state index in [1.54, 1.807) is 33.8 Å². The van der Waals surface area contributed by atoms with E-state index in [0.29, 0.717) is 12.0 Å². The average Bonchev–Trinajstić information content (AvgIpc) is 2.51. The average molecular weight is 368 g/mol. The predicted octanol–water partition coefficient (Wildman–Crippen LogP) is 2.92. The van der Waals surface area contributed by atoms with Crippen molar-refractivity contribution in [2.45, 2.75) is 46.1 Å². The lowest BCUT2D eigenvalue weighted by Gasteiger charge is -2.19. The van der Waals surface area contributed by atoms with Crippen LogP contribution in [0.5, 0.6) is 0 Å². The number of aryl methyl sites for hydroxylation is 1. The van der Waals surface area contributed by atoms with E-state index in [1.807, 2.05) is 0 Å². The Labute approximate surface area is 152 Å². The van der Waals surface area contributed by atoms with E-state index in [-0.39, 0.29) is 18.7 Å². The summed E-state index contributed by atoms with van der Waals surface area (Å²) in [7, 11) is 0. The van der Waals surface area contributed by atoms with Crippen LogP contribution in [-0.4, -0.2) is 36.7 Å². The number of alkyl carbamates (subject to hydrolysis) is 1. The van der Waals surface area contributed by atoms with Gasteiger partial charge in [0, 0.05) is 18.7 Å². The number of carbonyl (C=O) groups is 3. The molecule has 0 aliphatic heterocycles. The third-order valence-corrected chi connectivity index (χ3v) is 3.05. The molecule has 26 heavy (non-hydrogen) atoms. The number of carbonyl (C=O) groups excluding carboxylic acids is 3. The summed E-state index contributed by atoms with van der Waals surface area (Å²) in [6.45, 7) is 6.65. The number of hydrogen-bond donors (Lipinski definition) is 2. The van der Waals surface area contributed by atoms with Crippen LogP contribution in [0.4, 0.5) is 14.9 Å². The fourth-order valence-electron chi connectivity index (χ4n) is 1.82. The molecular formula is C18H25FN2O5. The van der Waals surface area contributed by atoms with E-state index in [0.717, 1.165) is 0 Å². The first-order valence-corrected chi connectivity index (χ1v) is 8.25. The number of ether oxygens (including phenoxy) is 2. The van der Waals surface area contributed by atoms with E-state index in [1.165, 1.54) is 12.1 Å². The molecule has 0 aliphatic carbocycles. The van der Waals surface area contributed by atoms with Crippen molar-refractivity contribution in [1.82, 2.24) is 5.32 Å². The molecule has 1 rings (SSSR count). The first-order chi connectivity index (χ1) is 12.1. The maximum absolute atomic E-state index is 13.4. The van der Waals surface area contributed by atoms with Gasteiger partial charge in [0.2, 0.25) is 0 Å². The van der Waals surface area contributed by atoms with Crippen LogP contribution in [0.25, 0.3) is 0 Å². The molecular weight excluding hydrogens is 343 g/mol. The van der Waals surface area contributed by atoms with Crippen molar-refractivity contribution in [2.24, 2.45) is 0 Å². The van der Waals surface area contributed by atoms with Crippen LogP contribution >= 0.6 is 0 Å². The van der Waals surface area contributed by atoms with Crippen LogP contribution in [-0.2, 0) is 19.1 Å². The number of halogens is 1. The summed E-state index contributed by atoms with van der Waals surface area (Å²) in [6.07, 6.45) is -0.166. The van der Waals surface area contributed by atoms with E-state index >= 15 is 0 Å². The number of esters is 1. The van der Waals surface area contributed by atoms with Crippen molar-refractivity contribution in [3.63, 3.8) is 0 Å². The Morgan fingerprint density at radius 1 is 1.19 bits per heavy atom. The maximum Gasteiger partial charge on any atom is 0.407 e. The van der Waals surface area contributed by atoms with Crippen LogP contribution < -0.4 is 10.6 Å². The lowest BCUT2D eigenvalue weighted by Crippen LogP contribution is -2.33. The molecule has 144 valence electrons. The molecule has 2 amide bonds. The van der Waals surface area contributed by atoms with Gasteiger partial charge in [0.1, 0.15) is 11.4 Å². The summed E-state index contributed by atoms with van der Waals surface area (Å²) in [6, 6.07) is 4.28. The van der Waals surface area contributed by atoms with Crippen molar-refractivity contribution in [2.75, 3.05) is 18.5 Å². The number of hydrogen-bond acceptors (Lipinski definition) is 5. The molecule has 1 aromatic rings. The Balaban J connectivity index is 2.20. The molecule has 1 aromatic carbocycles. The molecule has 8 heteroatoms. The van der Waals surface area contributed by atoms with Crippen molar-refractivity contribution < 1.29 is 28.2 Å². The lowest BCUT2D eigenvalue weighted by molar-refractivity contribution is -0.147. The van der Waals surface area contributed by atoms with Crippen molar-refractivity contribution in [3.05, 3.63) is 29.6 Å². The smallest absolute Gasteiger partial charge is 0.407 e. The van der Waals surface area contributed by atoms with Crippen molar-refractivity contribution >= 4 is 23.7 Å². The highest BCUT2D eigenvalue weighted by molar-refractivity contribution is 5.92. The van der Waals surface area contributed by atoms with Crippen LogP contribution in [0.1, 0.15) is 39.2 Å². The third kappa shape index (κ3) is 9.00. The Bertz CT molecular complexity index is 655. The largest absolute Gasteiger partial charge is 0.456 e. The molecule has 0 unspecified atom stereocenters. The minimum absolute atomic E-state index is 0.0439. The minimum atomic E-state index is -0.587. The number of rotatable bonds is 7. The minimum Gasteiger partial charge on any atom is -0.456 e. The van der Waals surface area contributed by atoms with Crippen LogP contribution in [0.2, 0.25) is 0 Å². The molecule has 2 N–H and O–H groups in total. The Morgan fingerprint density at radius 3 is 2.50 bits per heavy atom. The highest BCUT2D eigenvalue weighted by Gasteiger charge is 2.15. The SMILES string of the molecule is Cc1ccc(NC(=O)COC(=O)CCCNC(=O)OC(C)(C)C)cc1F. The van der Waals surface area contributed by atoms with Gasteiger partial charge in [0.25, 0.3) is 5.91 Å². The van der Waals surface area contributed by atoms with Gasteiger partial charge in [-0.15, -0.1) is 0 Å². The predicted molar refractivity (Wildman–Crippen MR) is 94.2 cm³/mol. The van der Waals surface area contributed by atoms with Gasteiger partial charge in [-0.25, -0.2) is 9.18 Å². The van der Waals surface area contributed by atoms with Crippen LogP contribution in [0.3, 0.4) is 0 Å². The molecule has 0 saturated carbocycles. The highest BCUT2D eigenvalue weighted by atomic mass is 19.1. The van der Waals surface area contributed by atoms with Crippen LogP contribution in [0, 0.1) is 12.7 Å². The summed E-state index contributed by atoms with van der Waals surface area (Å²) < 4.78 is 23.3. The summed E-state index contributed by atoms with van der Waals surface area (Å²) in [4.78, 5) is 34.7. The molecule has 0 aliphatic rings. The Morgan fingerprint density at radius 2 is 1.88 bits per heavy atom. The fourth-order valence-corrected chi connectivity index (χ4v) is 1.82. The topological polar surface area (TPSA) is 93.7 Å². The summed E-state index contributed by atoms with van der Waals surface area (Å²) in [5, 5.41) is 4.96. The zero-order valence-corrected chi connectivity index (χ0v) is 15.5. The normalized spacial score (nSPS) is 10.8. The number of nitrogens with one attached hydrogen (secondary N) is 2. The molecule has 0 aromatic heterocycles. The quantitative estimate of drug-likeness (QED) is 0.570. The zero-order valence-electron chi connectivity index (χ0n) is 15.5. The molecule has 0 saturated heterocycles. The molecule has 0 fully saturated rings. The zero-order chi connectivity index (χ0) is 19.7. The third-order valence-electron chi connectivity index (χ3n) is 3.05. The molecule has 0 radical (unpaired) electrons. The van der Waals surface area contributed by atoms with Crippen molar-refractivity contribution in [1.29, 1.82) is 0 Å². The van der Waals surface area contributed by atoms with E-state index in [9.17, 15) is 18.8 Å². The highest BCUT2D eigenvalue weighted by Crippen LogP contribution is 2.13. The second-order valence-corrected chi connectivity index (χ2v) is 6.71. The number of anilines is 1. The summed E-state index contributed by atoms with van der Waals surface area (Å²) in [5.41, 5.74) is 0.168. The molecule has 7 nitrogen and oxygen atoms in total. The second-order valence-electron chi connectivity index (χ2n) is 6.71. The standard InChI is InChI=1S/C18H25FN2O5/c1-12-7-8-13(10-14(12)19)21-15(22)11-25-16(23)6-5-9-20-17(24)26-18(2,3)4/h7-8,10H,5-6,9,11H2,1-4H3,(H,20,24)(H,21,22). The monoisotopic (exact) mass is 368 g/mol. The molecule has 0 heterocycles. The fraction of sp³-hybridized carbons (Fsp3) is 0.500. The van der Waals surface area contributed by atoms with Gasteiger partial charge in [-0.3, -0.25) is 9.59 Å². The van der Waals surface area contributed by atoms with Gasteiger partial charge in [-0.1, -0.05) is 6.07 Å². The molecule has 0 spiro atoms. The number of amides is 2. The first kappa shape index (κ1) is 21.4. The Hall–Kier alpha value is -2.64. The van der Waals surface area contributed by atoms with Gasteiger partial charge in [-0.2, -0.15) is 0 Å². The lowest BCUT2D eigenvalue weighted by atomic mass is 10.2. The summed E-state index contributed by atoms with van der Waals surface area (Å²) in [5.74, 6) is -1.56. The van der Waals surface area contributed by atoms with Gasteiger partial charge >= 0.3 is 12.1 Å². The first-order valence-electron chi connectivity index (χ1n) is 8.25. The number of benzene rings is 1. The maximum atomic E-state index is 13.4. The van der Waals surface area contributed by atoms with Gasteiger partial charge in [0.15, 0.2) is 6.61 Å². The van der Waals surface area contributed by atoms with E-state index < -0.39 is 36.0 Å². The van der Waals surface area contributed by atoms with Crippen molar-refractivity contribution in [3.8, 4) is 0 Å². The van der Waals surface area contributed by atoms with Gasteiger partial charge in [-0.05, 0) is 51.8 Å². The van der Waals surface area contributed by atoms with Gasteiger partial charge in [0.05, 0.1) is 0 Å².